The molecule has 6 aromatic rings. The average Bonchev–Trinajstić information content (AvgIpc) is 3.79. The zero-order valence-electron chi connectivity index (χ0n) is 29.8. The average molecular weight is 876 g/mol. The summed E-state index contributed by atoms with van der Waals surface area (Å²) in [6, 6.07) is 14.8. The molecular formula is C40H47IrN2O2S3-. The van der Waals surface area contributed by atoms with Gasteiger partial charge in [-0.15, -0.1) is 46.3 Å². The van der Waals surface area contributed by atoms with Crippen LogP contribution in [0.3, 0.4) is 0 Å². The van der Waals surface area contributed by atoms with Crippen molar-refractivity contribution in [2.24, 2.45) is 10.8 Å². The van der Waals surface area contributed by atoms with E-state index >= 15 is 0 Å². The van der Waals surface area contributed by atoms with Gasteiger partial charge in [-0.05, 0) is 66.3 Å². The zero-order chi connectivity index (χ0) is 34.3. The van der Waals surface area contributed by atoms with Gasteiger partial charge in [0.2, 0.25) is 0 Å². The summed E-state index contributed by atoms with van der Waals surface area (Å²) in [6.45, 7) is 21.1. The van der Waals surface area contributed by atoms with Crippen molar-refractivity contribution in [3.63, 3.8) is 0 Å². The molecule has 0 unspecified atom stereocenters. The number of hydrogen-bond acceptors (Lipinski definition) is 7. The van der Waals surface area contributed by atoms with E-state index in [1.165, 1.54) is 46.8 Å². The molecule has 0 aliphatic carbocycles. The molecule has 1 radical (unpaired) electrons. The van der Waals surface area contributed by atoms with Crippen LogP contribution in [0.4, 0.5) is 0 Å². The van der Waals surface area contributed by atoms with Crippen molar-refractivity contribution in [3.8, 4) is 11.3 Å². The van der Waals surface area contributed by atoms with Crippen LogP contribution in [0.5, 0.6) is 0 Å². The third kappa shape index (κ3) is 7.20. The molecule has 48 heavy (non-hydrogen) atoms. The Bertz CT molecular complexity index is 2100. The van der Waals surface area contributed by atoms with Crippen LogP contribution in [-0.4, -0.2) is 20.9 Å². The molecule has 2 aromatic carbocycles. The third-order valence-corrected chi connectivity index (χ3v) is 13.4. The maximum atomic E-state index is 12.2. The molecule has 4 aromatic heterocycles. The number of carbonyl (C=O) groups is 1. The molecule has 0 saturated heterocycles. The van der Waals surface area contributed by atoms with Crippen LogP contribution >= 0.6 is 34.0 Å². The van der Waals surface area contributed by atoms with E-state index in [2.05, 4.69) is 74.5 Å². The van der Waals surface area contributed by atoms with E-state index < -0.39 is 0 Å². The van der Waals surface area contributed by atoms with Crippen LogP contribution in [-0.2, 0) is 30.3 Å². The molecular weight excluding hydrogens is 829 g/mol. The fraction of sp³-hybridized carbons (Fsp3) is 0.425. The zero-order valence-corrected chi connectivity index (χ0v) is 34.6. The van der Waals surface area contributed by atoms with Gasteiger partial charge < -0.3 is 5.11 Å². The Morgan fingerprint density at radius 3 is 2.15 bits per heavy atom. The third-order valence-electron chi connectivity index (χ3n) is 10.2. The summed E-state index contributed by atoms with van der Waals surface area (Å²) in [4.78, 5) is 22.9. The summed E-state index contributed by atoms with van der Waals surface area (Å²) >= 11 is 5.46. The van der Waals surface area contributed by atoms with Crippen molar-refractivity contribution in [1.82, 2.24) is 9.97 Å². The van der Waals surface area contributed by atoms with Gasteiger partial charge >= 0.3 is 0 Å². The molecule has 0 bridgehead atoms. The van der Waals surface area contributed by atoms with Gasteiger partial charge in [-0.1, -0.05) is 73.4 Å². The van der Waals surface area contributed by atoms with Crippen molar-refractivity contribution in [1.29, 1.82) is 0 Å². The number of ketones is 1. The number of thiophene rings is 3. The van der Waals surface area contributed by atoms with Crippen LogP contribution in [0.25, 0.3) is 51.7 Å². The van der Waals surface area contributed by atoms with E-state index in [0.717, 1.165) is 47.2 Å². The first-order valence-corrected chi connectivity index (χ1v) is 19.2. The minimum Gasteiger partial charge on any atom is -0.512 e. The number of carbonyl (C=O) groups excluding carboxylic acids is 1. The molecule has 0 amide bonds. The van der Waals surface area contributed by atoms with E-state index in [1.54, 1.807) is 17.7 Å². The van der Waals surface area contributed by atoms with Gasteiger partial charge in [-0.2, -0.15) is 11.3 Å². The summed E-state index contributed by atoms with van der Waals surface area (Å²) in [5.74, 6) is 0.286. The Morgan fingerprint density at radius 2 is 1.52 bits per heavy atom. The molecule has 0 atom stereocenters. The van der Waals surface area contributed by atoms with Crippen molar-refractivity contribution in [2.75, 3.05) is 0 Å². The Balaban J connectivity index is 0.000000251. The SMILES string of the molecule is CCC(C)(CC)C(=O)/C=C(\O)C(C)(CC)CC.Cc1cc2c(ccc3c4ncnc(-c5[c-]c6ccsc6c(C(C)(C)C)c5)c4sc23)s1.[Ir]. The summed E-state index contributed by atoms with van der Waals surface area (Å²) in [7, 11) is 0. The largest absolute Gasteiger partial charge is 0.512 e. The predicted octanol–water partition coefficient (Wildman–Crippen LogP) is 13.0. The Morgan fingerprint density at radius 1 is 0.854 bits per heavy atom. The van der Waals surface area contributed by atoms with Gasteiger partial charge in [0, 0.05) is 72.5 Å². The molecule has 4 heterocycles. The normalized spacial score (nSPS) is 12.8. The monoisotopic (exact) mass is 876 g/mol. The summed E-state index contributed by atoms with van der Waals surface area (Å²) in [5.41, 5.74) is 3.89. The van der Waals surface area contributed by atoms with E-state index in [0.29, 0.717) is 0 Å². The van der Waals surface area contributed by atoms with Gasteiger partial charge in [0.05, 0.1) is 5.52 Å². The number of aryl methyl sites for hydroxylation is 1. The molecule has 1 N–H and O–H groups in total. The molecule has 4 nitrogen and oxygen atoms in total. The second-order valence-corrected chi connectivity index (χ2v) is 17.4. The number of rotatable bonds is 8. The van der Waals surface area contributed by atoms with Gasteiger partial charge in [-0.3, -0.25) is 9.78 Å². The number of aromatic nitrogens is 2. The van der Waals surface area contributed by atoms with Crippen LogP contribution < -0.4 is 0 Å². The predicted molar refractivity (Wildman–Crippen MR) is 206 cm³/mol. The van der Waals surface area contributed by atoms with Crippen molar-refractivity contribution in [3.05, 3.63) is 70.4 Å². The van der Waals surface area contributed by atoms with Crippen LogP contribution in [0.2, 0.25) is 0 Å². The van der Waals surface area contributed by atoms with Crippen LogP contribution in [0, 0.1) is 23.8 Å². The molecule has 0 aliphatic heterocycles. The summed E-state index contributed by atoms with van der Waals surface area (Å²) in [5, 5.41) is 16.0. The fourth-order valence-electron chi connectivity index (χ4n) is 5.84. The maximum absolute atomic E-state index is 12.2. The van der Waals surface area contributed by atoms with Gasteiger partial charge in [0.15, 0.2) is 5.78 Å². The molecule has 0 saturated carbocycles. The molecule has 6 rings (SSSR count). The molecule has 8 heteroatoms. The van der Waals surface area contributed by atoms with E-state index in [1.807, 2.05) is 64.2 Å². The number of fused-ring (bicyclic) bond motifs is 6. The summed E-state index contributed by atoms with van der Waals surface area (Å²) < 4.78 is 5.11. The molecule has 0 spiro atoms. The van der Waals surface area contributed by atoms with Gasteiger partial charge in [0.25, 0.3) is 0 Å². The molecule has 0 aliphatic rings. The minimum absolute atomic E-state index is 0. The van der Waals surface area contributed by atoms with Gasteiger partial charge in [-0.25, -0.2) is 4.98 Å². The van der Waals surface area contributed by atoms with Crippen molar-refractivity contribution < 1.29 is 30.0 Å². The first kappa shape index (κ1) is 38.3. The smallest absolute Gasteiger partial charge is 0.164 e. The summed E-state index contributed by atoms with van der Waals surface area (Å²) in [6.07, 6.45) is 6.46. The minimum atomic E-state index is -0.337. The van der Waals surface area contributed by atoms with Crippen LogP contribution in [0.15, 0.2) is 53.9 Å². The second kappa shape index (κ2) is 14.8. The standard InChI is InChI=1S/C25H19N2S3.C15H28O2.Ir/c1-13-9-17-19(29-13)6-5-16-21-24(30-23(16)17)20(26-12-27-21)15-10-14-7-8-28-22(14)18(11-15)25(2,3)4;1-7-14(5,8-2)12(16)11-13(17)15(6,9-3)10-4;/h5-9,11-12H,1-4H3;11,16H,7-10H2,1-6H3;/q-1;;/b;12-11-;. The van der Waals surface area contributed by atoms with E-state index in [4.69, 9.17) is 4.98 Å². The second-order valence-electron chi connectivity index (χ2n) is 14.2. The van der Waals surface area contributed by atoms with Crippen molar-refractivity contribution >= 4 is 80.3 Å². The Kier molecular flexibility index (Phi) is 11.8. The number of hydrogen-bond donors (Lipinski definition) is 1. The first-order valence-electron chi connectivity index (χ1n) is 16.7. The number of allylic oxidation sites excluding steroid dienone is 2. The van der Waals surface area contributed by atoms with Crippen molar-refractivity contribution in [2.45, 2.75) is 100 Å². The topological polar surface area (TPSA) is 63.1 Å². The van der Waals surface area contributed by atoms with E-state index in [9.17, 15) is 9.90 Å². The molecule has 0 fully saturated rings. The van der Waals surface area contributed by atoms with Gasteiger partial charge in [0.1, 0.15) is 12.1 Å². The fourth-order valence-corrected chi connectivity index (χ4v) is 9.19. The maximum Gasteiger partial charge on any atom is 0.164 e. The number of benzene rings is 2. The Labute approximate surface area is 311 Å². The Hall–Kier alpha value is -2.48. The molecule has 257 valence electrons. The number of aliphatic hydroxyl groups is 1. The first-order chi connectivity index (χ1) is 22.2. The number of aliphatic hydroxyl groups excluding tert-OH is 1. The number of nitrogens with zero attached hydrogens (tertiary/aromatic N) is 2. The quantitative estimate of drug-likeness (QED) is 0.0940. The van der Waals surface area contributed by atoms with E-state index in [-0.39, 0.29) is 47.9 Å². The van der Waals surface area contributed by atoms with Crippen LogP contribution in [0.1, 0.15) is 98.4 Å².